The van der Waals surface area contributed by atoms with Crippen molar-refractivity contribution < 1.29 is 100 Å². The van der Waals surface area contributed by atoms with Crippen LogP contribution in [0, 0.1) is 0 Å². The molecule has 0 unspecified atom stereocenters. The summed E-state index contributed by atoms with van der Waals surface area (Å²) in [6, 6.07) is 0. The minimum Gasteiger partial charge on any atom is -2.00 e. The molecule has 0 radical (unpaired) electrons. The van der Waals surface area contributed by atoms with E-state index in [2.05, 4.69) is 0 Å². The van der Waals surface area contributed by atoms with E-state index >= 15 is 0 Å². The first-order valence-corrected chi connectivity index (χ1v) is 0. The van der Waals surface area contributed by atoms with Crippen LogP contribution < -0.4 is 24.8 Å². The van der Waals surface area contributed by atoms with Gasteiger partial charge in [-0.05, 0) is 0 Å². The number of rotatable bonds is 0. The fraction of sp³-hybridized carbons (Fsp3) is 0. The molecule has 0 spiro atoms. The molecule has 0 aliphatic carbocycles. The largest absolute Gasteiger partial charge is 4.00 e. The summed E-state index contributed by atoms with van der Waals surface area (Å²) in [4.78, 5) is 0. The number of halogens is 2. The predicted molar refractivity (Wildman–Crippen MR) is 29.6 cm³/mol. The zero-order valence-electron chi connectivity index (χ0n) is 5.66. The molecule has 0 atom stereocenters. The van der Waals surface area contributed by atoms with E-state index in [1.165, 1.54) is 0 Å². The van der Waals surface area contributed by atoms with Crippen LogP contribution in [0.2, 0.25) is 0 Å². The zero-order valence-corrected chi connectivity index (χ0v) is 9.63. The Labute approximate surface area is 100 Å². The molecular formula is H16Cl2O9Zr. The standard InChI is InChI=1S/2ClH.8H2O.O.Zr/h2*1H;8*1H2;;/q;;;;;;;;;;-2;+4/p-2. The molecule has 0 rings (SSSR count). The van der Waals surface area contributed by atoms with Crippen LogP contribution in [0.25, 0.3) is 0 Å². The second-order valence-corrected chi connectivity index (χ2v) is 0. The summed E-state index contributed by atoms with van der Waals surface area (Å²) in [5.41, 5.74) is 0. The first-order chi connectivity index (χ1) is 0. The molecule has 0 aromatic rings. The van der Waals surface area contributed by atoms with E-state index < -0.39 is 0 Å². The third-order valence-corrected chi connectivity index (χ3v) is 0. The van der Waals surface area contributed by atoms with Crippen LogP contribution in [0.3, 0.4) is 0 Å². The molecule has 0 saturated carbocycles. The minimum atomic E-state index is 0. The zero-order chi connectivity index (χ0) is 0. The van der Waals surface area contributed by atoms with Gasteiger partial charge in [-0.3, -0.25) is 0 Å². The smallest absolute Gasteiger partial charge is 2.00 e. The van der Waals surface area contributed by atoms with E-state index in [1.54, 1.807) is 0 Å². The van der Waals surface area contributed by atoms with Gasteiger partial charge in [-0.25, -0.2) is 0 Å². The van der Waals surface area contributed by atoms with Gasteiger partial charge < -0.3 is 74.1 Å². The molecule has 0 aromatic heterocycles. The van der Waals surface area contributed by atoms with Gasteiger partial charge in [0.05, 0.1) is 0 Å². The van der Waals surface area contributed by atoms with Crippen molar-refractivity contribution >= 4 is 0 Å². The Bertz CT molecular complexity index is 12.5. The average molecular weight is 322 g/mol. The summed E-state index contributed by atoms with van der Waals surface area (Å²) in [7, 11) is 0. The molecule has 0 heterocycles. The molecule has 0 fully saturated rings. The van der Waals surface area contributed by atoms with Crippen molar-refractivity contribution in [3.63, 3.8) is 0 Å². The first kappa shape index (κ1) is 1580. The van der Waals surface area contributed by atoms with E-state index in [-0.39, 0.29) is 100 Å². The molecular weight excluding hydrogens is 306 g/mol. The Balaban J connectivity index is 0. The maximum atomic E-state index is 0. The van der Waals surface area contributed by atoms with Crippen molar-refractivity contribution in [1.82, 2.24) is 0 Å². The van der Waals surface area contributed by atoms with Crippen molar-refractivity contribution in [2.75, 3.05) is 0 Å². The summed E-state index contributed by atoms with van der Waals surface area (Å²) in [5.74, 6) is 0. The molecule has 0 aliphatic heterocycles. The number of hydrogen-bond acceptors (Lipinski definition) is 0. The summed E-state index contributed by atoms with van der Waals surface area (Å²) in [6.07, 6.45) is 0. The summed E-state index contributed by atoms with van der Waals surface area (Å²) >= 11 is 0. The van der Waals surface area contributed by atoms with Gasteiger partial charge in [-0.1, -0.05) is 0 Å². The Kier molecular flexibility index (Phi) is 161000. The fourth-order valence-electron chi connectivity index (χ4n) is 0. The van der Waals surface area contributed by atoms with Gasteiger partial charge in [-0.15, -0.1) is 0 Å². The Morgan fingerprint density at radius 1 is 0.333 bits per heavy atom. The minimum absolute atomic E-state index is 0. The number of hydrogen-bond donors (Lipinski definition) is 0. The van der Waals surface area contributed by atoms with E-state index in [0.29, 0.717) is 0 Å². The van der Waals surface area contributed by atoms with Crippen molar-refractivity contribution in [2.24, 2.45) is 0 Å². The molecule has 0 amide bonds. The molecule has 0 bridgehead atoms. The fourth-order valence-corrected chi connectivity index (χ4v) is 0. The maximum Gasteiger partial charge on any atom is 4.00 e. The van der Waals surface area contributed by atoms with E-state index in [4.69, 9.17) is 0 Å². The monoisotopic (exact) mass is 320 g/mol. The van der Waals surface area contributed by atoms with Gasteiger partial charge in [-0.2, -0.15) is 0 Å². The summed E-state index contributed by atoms with van der Waals surface area (Å²) in [5, 5.41) is 0. The Morgan fingerprint density at radius 3 is 0.333 bits per heavy atom. The van der Waals surface area contributed by atoms with E-state index in [1.807, 2.05) is 0 Å². The van der Waals surface area contributed by atoms with Crippen LogP contribution in [-0.2, 0) is 31.7 Å². The molecule has 0 saturated heterocycles. The first-order valence-electron chi connectivity index (χ1n) is 0. The topological polar surface area (TPSA) is 280 Å². The molecule has 12 heavy (non-hydrogen) atoms. The third kappa shape index (κ3) is 931. The maximum absolute atomic E-state index is 0. The quantitative estimate of drug-likeness (QED) is 0.401. The predicted octanol–water partition coefficient (Wildman–Crippen LogP) is -12.7. The van der Waals surface area contributed by atoms with Crippen LogP contribution >= 0.6 is 0 Å². The van der Waals surface area contributed by atoms with Gasteiger partial charge in [0.15, 0.2) is 0 Å². The second kappa shape index (κ2) is 1230. The normalized spacial score (nSPS) is 0. The average Bonchev–Trinajstić information content (AvgIpc) is 0. The van der Waals surface area contributed by atoms with Crippen molar-refractivity contribution in [3.05, 3.63) is 0 Å². The van der Waals surface area contributed by atoms with Crippen LogP contribution in [0.1, 0.15) is 0 Å². The molecule has 16 N–H and O–H groups in total. The summed E-state index contributed by atoms with van der Waals surface area (Å²) < 4.78 is 0. The molecule has 12 heteroatoms. The molecule has 0 aliphatic rings. The summed E-state index contributed by atoms with van der Waals surface area (Å²) in [6.45, 7) is 0. The van der Waals surface area contributed by atoms with Gasteiger partial charge in [0.1, 0.15) is 0 Å². The van der Waals surface area contributed by atoms with Crippen molar-refractivity contribution in [1.29, 1.82) is 0 Å². The van der Waals surface area contributed by atoms with Crippen LogP contribution in [0.5, 0.6) is 0 Å². The van der Waals surface area contributed by atoms with Crippen molar-refractivity contribution in [3.8, 4) is 0 Å². The Hall–Kier alpha value is 1.10. The molecule has 9 nitrogen and oxygen atoms in total. The van der Waals surface area contributed by atoms with E-state index in [9.17, 15) is 0 Å². The second-order valence-electron chi connectivity index (χ2n) is 0. The molecule has 0 aromatic carbocycles. The van der Waals surface area contributed by atoms with Gasteiger partial charge >= 0.3 is 26.2 Å². The third-order valence-electron chi connectivity index (χ3n) is 0. The van der Waals surface area contributed by atoms with E-state index in [0.717, 1.165) is 0 Å². The Morgan fingerprint density at radius 2 is 0.333 bits per heavy atom. The van der Waals surface area contributed by atoms with Crippen molar-refractivity contribution in [2.45, 2.75) is 0 Å². The van der Waals surface area contributed by atoms with Crippen LogP contribution in [0.15, 0.2) is 0 Å². The van der Waals surface area contributed by atoms with Crippen LogP contribution in [0.4, 0.5) is 0 Å². The molecule has 88 valence electrons. The van der Waals surface area contributed by atoms with Gasteiger partial charge in [0.2, 0.25) is 0 Å². The van der Waals surface area contributed by atoms with Gasteiger partial charge in [0.25, 0.3) is 0 Å². The van der Waals surface area contributed by atoms with Crippen LogP contribution in [-0.4, -0.2) is 43.8 Å². The van der Waals surface area contributed by atoms with Gasteiger partial charge in [0, 0.05) is 0 Å². The SMILES string of the molecule is O.O.O.O.O.O.O.O.[Cl-].[Cl-].[O-2].[Zr+4].